The van der Waals surface area contributed by atoms with Gasteiger partial charge in [0, 0.05) is 39.0 Å². The van der Waals surface area contributed by atoms with Crippen molar-refractivity contribution in [3.05, 3.63) is 11.6 Å². The molecule has 1 saturated carbocycles. The third-order valence-corrected chi connectivity index (χ3v) is 6.25. The molecule has 1 aromatic heterocycles. The Morgan fingerprint density at radius 3 is 2.68 bits per heavy atom. The first kappa shape index (κ1) is 21.1. The van der Waals surface area contributed by atoms with Gasteiger partial charge in [-0.1, -0.05) is 33.1 Å². The molecule has 3 rings (SSSR count). The predicted octanol–water partition coefficient (Wildman–Crippen LogP) is 3.71. The smallest absolute Gasteiger partial charge is 0.191 e. The quantitative estimate of drug-likeness (QED) is 0.526. The lowest BCUT2D eigenvalue weighted by Crippen LogP contribution is -2.39. The van der Waals surface area contributed by atoms with E-state index in [0.717, 1.165) is 56.7 Å². The first-order valence-electron chi connectivity index (χ1n) is 11.5. The van der Waals surface area contributed by atoms with Crippen LogP contribution in [0.1, 0.15) is 83.8 Å². The van der Waals surface area contributed by atoms with E-state index in [-0.39, 0.29) is 0 Å². The van der Waals surface area contributed by atoms with E-state index in [1.807, 2.05) is 0 Å². The Morgan fingerprint density at radius 2 is 1.93 bits per heavy atom. The van der Waals surface area contributed by atoms with Crippen molar-refractivity contribution in [3.8, 4) is 0 Å². The van der Waals surface area contributed by atoms with Crippen LogP contribution in [0.3, 0.4) is 0 Å². The number of guanidine groups is 1. The van der Waals surface area contributed by atoms with E-state index in [4.69, 9.17) is 4.99 Å². The second kappa shape index (κ2) is 10.3. The van der Waals surface area contributed by atoms with Crippen LogP contribution in [0.15, 0.2) is 4.99 Å². The van der Waals surface area contributed by atoms with Crippen LogP contribution >= 0.6 is 0 Å². The fraction of sp³-hybridized carbons (Fsp3) is 0.864. The Labute approximate surface area is 171 Å². The largest absolute Gasteiger partial charge is 0.357 e. The molecule has 6 heteroatoms. The van der Waals surface area contributed by atoms with Crippen molar-refractivity contribution in [2.24, 2.45) is 16.3 Å². The molecule has 0 radical (unpaired) electrons. The highest BCUT2D eigenvalue weighted by atomic mass is 15.3. The van der Waals surface area contributed by atoms with Crippen LogP contribution in [-0.2, 0) is 19.4 Å². The monoisotopic (exact) mass is 388 g/mol. The minimum absolute atomic E-state index is 0.418. The van der Waals surface area contributed by atoms with Crippen LogP contribution in [-0.4, -0.2) is 40.4 Å². The molecule has 1 aliphatic heterocycles. The summed E-state index contributed by atoms with van der Waals surface area (Å²) >= 11 is 0. The van der Waals surface area contributed by atoms with E-state index in [0.29, 0.717) is 5.41 Å². The van der Waals surface area contributed by atoms with E-state index in [9.17, 15) is 0 Å². The highest BCUT2D eigenvalue weighted by molar-refractivity contribution is 5.79. The van der Waals surface area contributed by atoms with E-state index in [1.165, 1.54) is 57.2 Å². The molecule has 2 aliphatic rings. The number of hydrogen-bond donors (Lipinski definition) is 2. The number of aryl methyl sites for hydroxylation is 1. The lowest BCUT2D eigenvalue weighted by molar-refractivity contribution is 0.245. The number of rotatable bonds is 8. The van der Waals surface area contributed by atoms with Crippen molar-refractivity contribution in [2.45, 2.75) is 91.5 Å². The molecule has 0 spiro atoms. The van der Waals surface area contributed by atoms with Crippen LogP contribution in [0.25, 0.3) is 0 Å². The normalized spacial score (nSPS) is 19.5. The van der Waals surface area contributed by atoms with Crippen LogP contribution in [0, 0.1) is 11.3 Å². The fourth-order valence-corrected chi connectivity index (χ4v) is 5.03. The minimum atomic E-state index is 0.418. The van der Waals surface area contributed by atoms with Crippen molar-refractivity contribution in [2.75, 3.05) is 19.6 Å². The van der Waals surface area contributed by atoms with Gasteiger partial charge in [-0.25, -0.2) is 0 Å². The lowest BCUT2D eigenvalue weighted by Gasteiger charge is -2.29. The first-order valence-corrected chi connectivity index (χ1v) is 11.5. The molecule has 0 bridgehead atoms. The topological polar surface area (TPSA) is 67.1 Å². The van der Waals surface area contributed by atoms with Gasteiger partial charge in [0.15, 0.2) is 5.96 Å². The zero-order valence-electron chi connectivity index (χ0n) is 18.3. The van der Waals surface area contributed by atoms with Gasteiger partial charge >= 0.3 is 0 Å². The van der Waals surface area contributed by atoms with Crippen molar-refractivity contribution >= 4 is 5.96 Å². The molecule has 0 amide bonds. The number of aliphatic imine (C=N–C) groups is 1. The molecule has 2 N–H and O–H groups in total. The summed E-state index contributed by atoms with van der Waals surface area (Å²) in [5.74, 6) is 3.98. The highest BCUT2D eigenvalue weighted by Crippen LogP contribution is 2.43. The van der Waals surface area contributed by atoms with Crippen LogP contribution < -0.4 is 10.6 Å². The summed E-state index contributed by atoms with van der Waals surface area (Å²) in [6, 6.07) is 0. The molecule has 0 aromatic carbocycles. The van der Waals surface area contributed by atoms with Gasteiger partial charge < -0.3 is 15.2 Å². The summed E-state index contributed by atoms with van der Waals surface area (Å²) in [5.41, 5.74) is 0.418. The maximum atomic E-state index is 4.99. The summed E-state index contributed by atoms with van der Waals surface area (Å²) < 4.78 is 2.34. The molecule has 28 heavy (non-hydrogen) atoms. The second-order valence-corrected chi connectivity index (χ2v) is 9.17. The van der Waals surface area contributed by atoms with Gasteiger partial charge in [0.2, 0.25) is 0 Å². The molecule has 1 aliphatic carbocycles. The van der Waals surface area contributed by atoms with Gasteiger partial charge in [0.25, 0.3) is 0 Å². The Bertz CT molecular complexity index is 627. The standard InChI is InChI=1S/C22H40N6/c1-4-23-21(25-17-22(16-18(2)3)12-7-8-13-22)24-14-11-20-27-26-19-10-6-5-9-15-28(19)20/h18H,4-17H2,1-3H3,(H2,23,24,25). The van der Waals surface area contributed by atoms with Crippen LogP contribution in [0.5, 0.6) is 0 Å². The first-order chi connectivity index (χ1) is 13.6. The van der Waals surface area contributed by atoms with E-state index < -0.39 is 0 Å². The summed E-state index contributed by atoms with van der Waals surface area (Å²) in [4.78, 5) is 4.99. The van der Waals surface area contributed by atoms with Gasteiger partial charge in [-0.15, -0.1) is 10.2 Å². The summed E-state index contributed by atoms with van der Waals surface area (Å²) in [6.45, 7) is 10.6. The van der Waals surface area contributed by atoms with Gasteiger partial charge in [0.1, 0.15) is 11.6 Å². The van der Waals surface area contributed by atoms with Crippen LogP contribution in [0.4, 0.5) is 0 Å². The van der Waals surface area contributed by atoms with E-state index >= 15 is 0 Å². The van der Waals surface area contributed by atoms with E-state index in [1.54, 1.807) is 0 Å². The van der Waals surface area contributed by atoms with Crippen LogP contribution in [0.2, 0.25) is 0 Å². The zero-order chi connectivity index (χ0) is 19.8. The molecule has 1 aromatic rings. The van der Waals surface area contributed by atoms with Crippen molar-refractivity contribution in [3.63, 3.8) is 0 Å². The van der Waals surface area contributed by atoms with E-state index in [2.05, 4.69) is 46.2 Å². The van der Waals surface area contributed by atoms with Gasteiger partial charge in [0.05, 0.1) is 0 Å². The summed E-state index contributed by atoms with van der Waals surface area (Å²) in [7, 11) is 0. The molecule has 0 atom stereocenters. The number of fused-ring (bicyclic) bond motifs is 1. The van der Waals surface area contributed by atoms with Gasteiger partial charge in [-0.2, -0.15) is 0 Å². The summed E-state index contributed by atoms with van der Waals surface area (Å²) in [6.07, 6.45) is 12.4. The highest BCUT2D eigenvalue weighted by Gasteiger charge is 2.34. The minimum Gasteiger partial charge on any atom is -0.357 e. The van der Waals surface area contributed by atoms with Crippen molar-refractivity contribution < 1.29 is 0 Å². The molecule has 158 valence electrons. The molecular formula is C22H40N6. The maximum Gasteiger partial charge on any atom is 0.191 e. The third kappa shape index (κ3) is 5.71. The fourth-order valence-electron chi connectivity index (χ4n) is 5.03. The maximum absolute atomic E-state index is 4.99. The van der Waals surface area contributed by atoms with Gasteiger partial charge in [-0.3, -0.25) is 4.99 Å². The molecule has 0 unspecified atom stereocenters. The summed E-state index contributed by atoms with van der Waals surface area (Å²) in [5, 5.41) is 15.8. The number of aromatic nitrogens is 3. The van der Waals surface area contributed by atoms with Crippen molar-refractivity contribution in [1.82, 2.24) is 25.4 Å². The Balaban J connectivity index is 1.56. The number of nitrogens with one attached hydrogen (secondary N) is 2. The Hall–Kier alpha value is -1.59. The lowest BCUT2D eigenvalue weighted by atomic mass is 9.78. The van der Waals surface area contributed by atoms with Crippen molar-refractivity contribution in [1.29, 1.82) is 0 Å². The molecular weight excluding hydrogens is 348 g/mol. The molecule has 0 saturated heterocycles. The zero-order valence-corrected chi connectivity index (χ0v) is 18.3. The Kier molecular flexibility index (Phi) is 7.74. The number of hydrogen-bond acceptors (Lipinski definition) is 3. The average molecular weight is 389 g/mol. The van der Waals surface area contributed by atoms with Gasteiger partial charge in [-0.05, 0) is 50.4 Å². The number of nitrogens with zero attached hydrogens (tertiary/aromatic N) is 4. The Morgan fingerprint density at radius 1 is 1.11 bits per heavy atom. The average Bonchev–Trinajstić information content (AvgIpc) is 3.20. The molecule has 1 fully saturated rings. The molecule has 6 nitrogen and oxygen atoms in total. The SMILES string of the molecule is CCNC(=NCC1(CC(C)C)CCCC1)NCCc1nnc2n1CCCCC2. The predicted molar refractivity (Wildman–Crippen MR) is 116 cm³/mol. The molecule has 2 heterocycles. The third-order valence-electron chi connectivity index (χ3n) is 6.25. The second-order valence-electron chi connectivity index (χ2n) is 9.17.